The Balaban J connectivity index is 2.13. The molecule has 0 bridgehead atoms. The Hall–Kier alpha value is -1.49. The Kier molecular flexibility index (Phi) is 4.38. The molecule has 0 aliphatic carbocycles. The Morgan fingerprint density at radius 2 is 2.00 bits per heavy atom. The number of thioether (sulfide) groups is 1. The number of hydrogen-bond acceptors (Lipinski definition) is 3. The zero-order chi connectivity index (χ0) is 14.8. The van der Waals surface area contributed by atoms with Gasteiger partial charge in [-0.3, -0.25) is 9.59 Å². The zero-order valence-corrected chi connectivity index (χ0v) is 12.6. The summed E-state index contributed by atoms with van der Waals surface area (Å²) in [6.07, 6.45) is 0.251. The third-order valence-electron chi connectivity index (χ3n) is 3.29. The Bertz CT molecular complexity index is 528. The van der Waals surface area contributed by atoms with E-state index in [0.717, 1.165) is 16.3 Å². The van der Waals surface area contributed by atoms with E-state index in [-0.39, 0.29) is 18.7 Å². The molecule has 0 aromatic heterocycles. The van der Waals surface area contributed by atoms with Gasteiger partial charge in [0.1, 0.15) is 0 Å². The van der Waals surface area contributed by atoms with E-state index in [1.807, 2.05) is 38.1 Å². The minimum atomic E-state index is -0.864. The predicted octanol–water partition coefficient (Wildman–Crippen LogP) is 3.02. The van der Waals surface area contributed by atoms with Crippen LogP contribution in [-0.4, -0.2) is 29.3 Å². The van der Waals surface area contributed by atoms with Crippen molar-refractivity contribution >= 4 is 29.3 Å². The number of carboxylic acids is 1. The lowest BCUT2D eigenvalue weighted by Crippen LogP contribution is -2.38. The number of hydrogen-bond donors (Lipinski definition) is 1. The maximum absolute atomic E-state index is 12.5. The summed E-state index contributed by atoms with van der Waals surface area (Å²) in [6.45, 7) is 4.33. The molecule has 4 nitrogen and oxygen atoms in total. The molecule has 0 radical (unpaired) electrons. The average Bonchev–Trinajstić information content (AvgIpc) is 2.35. The van der Waals surface area contributed by atoms with Crippen molar-refractivity contribution in [3.8, 4) is 0 Å². The molecule has 1 aliphatic heterocycles. The van der Waals surface area contributed by atoms with E-state index in [1.54, 1.807) is 16.7 Å². The molecule has 1 N–H and O–H groups in total. The van der Waals surface area contributed by atoms with Crippen LogP contribution < -0.4 is 4.90 Å². The van der Waals surface area contributed by atoms with E-state index in [9.17, 15) is 9.59 Å². The first-order valence-electron chi connectivity index (χ1n) is 6.63. The molecule has 0 fully saturated rings. The molecule has 2 rings (SSSR count). The highest BCUT2D eigenvalue weighted by Crippen LogP contribution is 2.36. The molecular formula is C15H19NO3S. The Morgan fingerprint density at radius 1 is 1.30 bits per heavy atom. The number of benzene rings is 1. The van der Waals surface area contributed by atoms with Gasteiger partial charge in [0.2, 0.25) is 5.91 Å². The van der Waals surface area contributed by atoms with Crippen molar-refractivity contribution in [1.82, 2.24) is 0 Å². The van der Waals surface area contributed by atoms with Gasteiger partial charge in [0.15, 0.2) is 0 Å². The van der Waals surface area contributed by atoms with Gasteiger partial charge in [0, 0.05) is 23.6 Å². The largest absolute Gasteiger partial charge is 0.481 e. The van der Waals surface area contributed by atoms with Gasteiger partial charge < -0.3 is 10.0 Å². The number of carboxylic acid groups (broad SMARTS) is 1. The van der Waals surface area contributed by atoms with E-state index < -0.39 is 11.4 Å². The van der Waals surface area contributed by atoms with Crippen molar-refractivity contribution in [2.24, 2.45) is 5.41 Å². The fourth-order valence-corrected chi connectivity index (χ4v) is 3.40. The Labute approximate surface area is 123 Å². The van der Waals surface area contributed by atoms with Gasteiger partial charge in [-0.1, -0.05) is 26.0 Å². The summed E-state index contributed by atoms with van der Waals surface area (Å²) in [6, 6.07) is 7.85. The van der Waals surface area contributed by atoms with Gasteiger partial charge in [-0.05, 0) is 17.5 Å². The monoisotopic (exact) mass is 293 g/mol. The van der Waals surface area contributed by atoms with Crippen molar-refractivity contribution in [2.45, 2.75) is 31.6 Å². The fourth-order valence-electron chi connectivity index (χ4n) is 2.41. The van der Waals surface area contributed by atoms with Crippen molar-refractivity contribution in [3.05, 3.63) is 24.3 Å². The molecule has 1 aromatic carbocycles. The van der Waals surface area contributed by atoms with Crippen molar-refractivity contribution in [1.29, 1.82) is 0 Å². The van der Waals surface area contributed by atoms with Gasteiger partial charge in [-0.2, -0.15) is 0 Å². The lowest BCUT2D eigenvalue weighted by molar-refractivity contribution is -0.139. The highest BCUT2D eigenvalue weighted by molar-refractivity contribution is 7.99. The van der Waals surface area contributed by atoms with Crippen LogP contribution in [0.2, 0.25) is 0 Å². The quantitative estimate of drug-likeness (QED) is 0.927. The van der Waals surface area contributed by atoms with Gasteiger partial charge in [-0.15, -0.1) is 11.8 Å². The second-order valence-corrected chi connectivity index (χ2v) is 6.91. The molecule has 0 unspecified atom stereocenters. The van der Waals surface area contributed by atoms with Crippen LogP contribution in [0, 0.1) is 5.41 Å². The van der Waals surface area contributed by atoms with Gasteiger partial charge >= 0.3 is 5.97 Å². The summed E-state index contributed by atoms with van der Waals surface area (Å²) in [5.74, 6) is 0.0173. The molecule has 108 valence electrons. The summed E-state index contributed by atoms with van der Waals surface area (Å²) in [4.78, 5) is 26.2. The molecule has 0 atom stereocenters. The molecule has 0 saturated carbocycles. The van der Waals surface area contributed by atoms with Gasteiger partial charge in [-0.25, -0.2) is 0 Å². The first kappa shape index (κ1) is 14.9. The van der Waals surface area contributed by atoms with Crippen molar-refractivity contribution in [3.63, 3.8) is 0 Å². The molecular weight excluding hydrogens is 274 g/mol. The third-order valence-corrected chi connectivity index (χ3v) is 4.33. The van der Waals surface area contributed by atoms with E-state index in [2.05, 4.69) is 0 Å². The van der Waals surface area contributed by atoms with Crippen LogP contribution in [0.15, 0.2) is 29.2 Å². The third kappa shape index (κ3) is 3.54. The molecule has 1 heterocycles. The van der Waals surface area contributed by atoms with Crippen LogP contribution >= 0.6 is 11.8 Å². The van der Waals surface area contributed by atoms with E-state index in [0.29, 0.717) is 6.54 Å². The molecule has 1 amide bonds. The molecule has 5 heteroatoms. The SMILES string of the molecule is CC(C)(CC(=O)O)CC(=O)N1CCSc2ccccc21. The normalized spacial score (nSPS) is 14.8. The second kappa shape index (κ2) is 5.87. The van der Waals surface area contributed by atoms with Crippen molar-refractivity contribution in [2.75, 3.05) is 17.2 Å². The highest BCUT2D eigenvalue weighted by Gasteiger charge is 2.30. The van der Waals surface area contributed by atoms with E-state index >= 15 is 0 Å². The highest BCUT2D eigenvalue weighted by atomic mass is 32.2. The standard InChI is InChI=1S/C15H19NO3S/c1-15(2,10-14(18)19)9-13(17)16-7-8-20-12-6-4-3-5-11(12)16/h3-6H,7-10H2,1-2H3,(H,18,19). The number of fused-ring (bicyclic) bond motifs is 1. The first-order valence-corrected chi connectivity index (χ1v) is 7.62. The fraction of sp³-hybridized carbons (Fsp3) is 0.467. The van der Waals surface area contributed by atoms with Gasteiger partial charge in [0.05, 0.1) is 12.1 Å². The number of anilines is 1. The van der Waals surface area contributed by atoms with Crippen LogP contribution in [0.5, 0.6) is 0 Å². The summed E-state index contributed by atoms with van der Waals surface area (Å²) in [5, 5.41) is 8.90. The number of aliphatic carboxylic acids is 1. The lowest BCUT2D eigenvalue weighted by atomic mass is 9.85. The minimum Gasteiger partial charge on any atom is -0.481 e. The van der Waals surface area contributed by atoms with Gasteiger partial charge in [0.25, 0.3) is 0 Å². The molecule has 20 heavy (non-hydrogen) atoms. The number of carbonyl (C=O) groups is 2. The molecule has 1 aliphatic rings. The van der Waals surface area contributed by atoms with Crippen LogP contribution in [0.1, 0.15) is 26.7 Å². The van der Waals surface area contributed by atoms with Crippen LogP contribution in [0.4, 0.5) is 5.69 Å². The summed E-state index contributed by atoms with van der Waals surface area (Å²) in [7, 11) is 0. The number of amides is 1. The van der Waals surface area contributed by atoms with Crippen LogP contribution in [-0.2, 0) is 9.59 Å². The summed E-state index contributed by atoms with van der Waals surface area (Å²) in [5.41, 5.74) is 0.419. The average molecular weight is 293 g/mol. The van der Waals surface area contributed by atoms with Crippen molar-refractivity contribution < 1.29 is 14.7 Å². The number of para-hydroxylation sites is 1. The number of rotatable bonds is 4. The lowest BCUT2D eigenvalue weighted by Gasteiger charge is -2.32. The number of nitrogens with zero attached hydrogens (tertiary/aromatic N) is 1. The molecule has 0 spiro atoms. The maximum atomic E-state index is 12.5. The first-order chi connectivity index (χ1) is 9.39. The second-order valence-electron chi connectivity index (χ2n) is 5.77. The van der Waals surface area contributed by atoms with E-state index in [4.69, 9.17) is 5.11 Å². The molecule has 0 saturated heterocycles. The van der Waals surface area contributed by atoms with Crippen LogP contribution in [0.25, 0.3) is 0 Å². The maximum Gasteiger partial charge on any atom is 0.303 e. The number of carbonyl (C=O) groups excluding carboxylic acids is 1. The summed E-state index contributed by atoms with van der Waals surface area (Å²) < 4.78 is 0. The topological polar surface area (TPSA) is 57.6 Å². The molecule has 1 aromatic rings. The van der Waals surface area contributed by atoms with Crippen LogP contribution in [0.3, 0.4) is 0 Å². The van der Waals surface area contributed by atoms with E-state index in [1.165, 1.54) is 0 Å². The zero-order valence-electron chi connectivity index (χ0n) is 11.8. The Morgan fingerprint density at radius 3 is 2.70 bits per heavy atom. The minimum absolute atomic E-state index is 0.00295. The predicted molar refractivity (Wildman–Crippen MR) is 80.2 cm³/mol. The summed E-state index contributed by atoms with van der Waals surface area (Å²) >= 11 is 1.75. The smallest absolute Gasteiger partial charge is 0.303 e.